The summed E-state index contributed by atoms with van der Waals surface area (Å²) in [4.78, 5) is 46.1. The molecule has 278 valence electrons. The highest BCUT2D eigenvalue weighted by Gasteiger charge is 2.30. The number of nitrogens with one attached hydrogen (secondary N) is 3. The van der Waals surface area contributed by atoms with Crippen molar-refractivity contribution in [2.24, 2.45) is 0 Å². The molecule has 0 fully saturated rings. The number of allylic oxidation sites excluding steroid dienone is 2. The molecule has 0 saturated heterocycles. The molecule has 0 aliphatic carbocycles. The van der Waals surface area contributed by atoms with Gasteiger partial charge in [-0.2, -0.15) is 0 Å². The lowest BCUT2D eigenvalue weighted by Gasteiger charge is -2.22. The molecule has 3 N–H and O–H groups in total. The first-order chi connectivity index (χ1) is 24.9. The number of methoxy groups -OCH3 is 1. The highest BCUT2D eigenvalue weighted by atomic mass is 31.0. The van der Waals surface area contributed by atoms with Crippen molar-refractivity contribution < 1.29 is 19.1 Å². The number of aryl methyl sites for hydroxylation is 3. The Morgan fingerprint density at radius 1 is 1.00 bits per heavy atom. The van der Waals surface area contributed by atoms with Crippen molar-refractivity contribution in [2.45, 2.75) is 92.6 Å². The molecule has 5 heterocycles. The maximum atomic E-state index is 13.5. The first kappa shape index (κ1) is 38.8. The number of likely N-dealkylation sites (N-methyl/N-ethyl adjacent to an activating group) is 1. The number of H-pyrrole nitrogens is 2. The van der Waals surface area contributed by atoms with Gasteiger partial charge in [0.15, 0.2) is 0 Å². The van der Waals surface area contributed by atoms with Gasteiger partial charge < -0.3 is 29.7 Å². The molecule has 2 unspecified atom stereocenters. The van der Waals surface area contributed by atoms with E-state index in [9.17, 15) is 9.59 Å². The quantitative estimate of drug-likeness (QED) is 0.0921. The molecule has 0 saturated carbocycles. The number of hydrogen-bond donors (Lipinski definition) is 3. The number of rotatable bonds is 13. The third-order valence-corrected chi connectivity index (χ3v) is 10.8. The molecular weight excluding hydrogens is 671 g/mol. The number of fused-ring (bicyclic) bond motifs is 8. The van der Waals surface area contributed by atoms with E-state index in [1.807, 2.05) is 13.0 Å². The van der Waals surface area contributed by atoms with E-state index in [-0.39, 0.29) is 12.5 Å². The van der Waals surface area contributed by atoms with Gasteiger partial charge in [-0.1, -0.05) is 33.8 Å². The molecule has 5 rings (SSSR count). The van der Waals surface area contributed by atoms with Crippen LogP contribution in [0.15, 0.2) is 30.5 Å². The van der Waals surface area contributed by atoms with Crippen molar-refractivity contribution in [1.29, 1.82) is 0 Å². The Labute approximate surface area is 310 Å². The van der Waals surface area contributed by atoms with E-state index in [1.165, 1.54) is 7.11 Å². The van der Waals surface area contributed by atoms with Crippen molar-refractivity contribution in [3.05, 3.63) is 81.1 Å². The summed E-state index contributed by atoms with van der Waals surface area (Å²) in [6.07, 6.45) is 5.44. The number of carbonyl (C=O) groups excluding carboxylic acids is 2. The lowest BCUT2D eigenvalue weighted by atomic mass is 9.96. The predicted octanol–water partition coefficient (Wildman–Crippen LogP) is 8.22. The normalized spacial score (nSPS) is 14.1. The van der Waals surface area contributed by atoms with Crippen molar-refractivity contribution in [2.75, 3.05) is 33.4 Å². The number of alkyl carbamates (subject to hydrolysis) is 1. The van der Waals surface area contributed by atoms with Gasteiger partial charge in [0.1, 0.15) is 6.61 Å². The Kier molecular flexibility index (Phi) is 12.6. The first-order valence-electron chi connectivity index (χ1n) is 18.4. The molecule has 1 amide bonds. The highest BCUT2D eigenvalue weighted by molar-refractivity contribution is 7.16. The van der Waals surface area contributed by atoms with Crippen LogP contribution in [-0.2, 0) is 40.1 Å². The second-order valence-corrected chi connectivity index (χ2v) is 14.5. The molecule has 0 radical (unpaired) electrons. The molecule has 2 atom stereocenters. The maximum Gasteiger partial charge on any atom is 0.407 e. The second kappa shape index (κ2) is 16.9. The number of aromatic amines is 2. The number of carbonyl (C=O) groups is 2. The summed E-state index contributed by atoms with van der Waals surface area (Å²) in [6, 6.07) is 6.24. The van der Waals surface area contributed by atoms with Gasteiger partial charge in [-0.3, -0.25) is 4.98 Å². The lowest BCUT2D eigenvalue weighted by Crippen LogP contribution is -2.25. The zero-order chi connectivity index (χ0) is 37.7. The molecule has 0 spiro atoms. The van der Waals surface area contributed by atoms with Gasteiger partial charge in [-0.05, 0) is 93.1 Å². The number of ether oxygens (including phenoxy) is 2. The van der Waals surface area contributed by atoms with Crippen LogP contribution in [-0.4, -0.2) is 70.3 Å². The van der Waals surface area contributed by atoms with Crippen LogP contribution in [0.1, 0.15) is 103 Å². The van der Waals surface area contributed by atoms with E-state index in [4.69, 9.17) is 19.4 Å². The van der Waals surface area contributed by atoms with E-state index in [0.29, 0.717) is 36.3 Å². The average molecular weight is 727 g/mol. The summed E-state index contributed by atoms with van der Waals surface area (Å²) in [5.74, 6) is -0.315. The largest absolute Gasteiger partial charge is 0.465 e. The standard InChI is InChI=1S/C41H55N6O4P/c1-10-12-15-47(8)24(4)18-29-35-17-23(3)31(43-35)19-32-26(6)30(22-51-41(49)42-14-13-16-52)37(45-32)20-33-25(5)28(11-2)36(44-33)21-34-27(7)38(39(29)46-34)40(48)50-9/h19-21,23,44-45H,4,10-18,22,52H2,1-3,5-9H3,(H,42,49). The Hall–Kier alpha value is -4.43. The molecule has 3 aromatic heterocycles. The smallest absolute Gasteiger partial charge is 0.407 e. The minimum absolute atomic E-state index is 0.104. The molecular formula is C41H55N6O4P. The van der Waals surface area contributed by atoms with Gasteiger partial charge in [0.05, 0.1) is 24.1 Å². The number of unbranched alkanes of at least 4 members (excludes halogenated alkanes) is 1. The number of amides is 1. The van der Waals surface area contributed by atoms with Gasteiger partial charge >= 0.3 is 12.1 Å². The Bertz CT molecular complexity index is 2060. The summed E-state index contributed by atoms with van der Waals surface area (Å²) in [6.45, 7) is 18.6. The van der Waals surface area contributed by atoms with Gasteiger partial charge in [0, 0.05) is 82.8 Å². The second-order valence-electron chi connectivity index (χ2n) is 14.0. The summed E-state index contributed by atoms with van der Waals surface area (Å²) < 4.78 is 11.1. The third-order valence-electron chi connectivity index (χ3n) is 10.4. The Balaban J connectivity index is 1.84. The lowest BCUT2D eigenvalue weighted by molar-refractivity contribution is -0.133. The van der Waals surface area contributed by atoms with Gasteiger partial charge in [0.25, 0.3) is 0 Å². The van der Waals surface area contributed by atoms with Crippen LogP contribution in [0, 0.1) is 13.8 Å². The predicted molar refractivity (Wildman–Crippen MR) is 214 cm³/mol. The minimum atomic E-state index is -0.434. The molecule has 8 bridgehead atoms. The number of esters is 1. The van der Waals surface area contributed by atoms with Crippen LogP contribution in [0.25, 0.3) is 33.2 Å². The summed E-state index contributed by atoms with van der Waals surface area (Å²) in [5, 5.41) is 2.85. The molecule has 3 aromatic rings. The minimum Gasteiger partial charge on any atom is -0.465 e. The van der Waals surface area contributed by atoms with Crippen molar-refractivity contribution >= 4 is 54.5 Å². The fourth-order valence-electron chi connectivity index (χ4n) is 7.01. The topological polar surface area (TPSA) is 125 Å². The molecule has 11 heteroatoms. The summed E-state index contributed by atoms with van der Waals surface area (Å²) >= 11 is 0. The number of nitrogens with zero attached hydrogens (tertiary/aromatic N) is 3. The fourth-order valence-corrected chi connectivity index (χ4v) is 7.21. The van der Waals surface area contributed by atoms with E-state index in [1.54, 1.807) is 0 Å². The molecule has 52 heavy (non-hydrogen) atoms. The van der Waals surface area contributed by atoms with Crippen LogP contribution < -0.4 is 5.32 Å². The van der Waals surface area contributed by atoms with E-state index in [2.05, 4.69) is 89.8 Å². The van der Waals surface area contributed by atoms with Crippen LogP contribution in [0.4, 0.5) is 4.79 Å². The van der Waals surface area contributed by atoms with Crippen LogP contribution in [0.2, 0.25) is 0 Å². The highest BCUT2D eigenvalue weighted by Crippen LogP contribution is 2.37. The Morgan fingerprint density at radius 2 is 1.69 bits per heavy atom. The molecule has 2 aliphatic heterocycles. The van der Waals surface area contributed by atoms with Crippen molar-refractivity contribution in [3.8, 4) is 0 Å². The maximum absolute atomic E-state index is 13.5. The van der Waals surface area contributed by atoms with Crippen molar-refractivity contribution in [1.82, 2.24) is 30.2 Å². The average Bonchev–Trinajstić information content (AvgIpc) is 3.83. The monoisotopic (exact) mass is 726 g/mol. The zero-order valence-electron chi connectivity index (χ0n) is 32.1. The van der Waals surface area contributed by atoms with Gasteiger partial charge in [-0.15, -0.1) is 9.24 Å². The zero-order valence-corrected chi connectivity index (χ0v) is 33.3. The van der Waals surface area contributed by atoms with Crippen LogP contribution in [0.5, 0.6) is 0 Å². The Morgan fingerprint density at radius 3 is 2.37 bits per heavy atom. The number of aromatic nitrogens is 4. The third kappa shape index (κ3) is 8.12. The van der Waals surface area contributed by atoms with Crippen LogP contribution >= 0.6 is 9.24 Å². The first-order valence-corrected chi connectivity index (χ1v) is 19.3. The van der Waals surface area contributed by atoms with E-state index < -0.39 is 12.1 Å². The SMILES string of the molecule is C=C(Cc1c2nc(cc3[nH]c(cc4[nH]c(cc5nc1C(C(=O)OC)=C5C)c(CC)c4C)c(COC(=O)NCCCP)c3C)C(C)C2)N(C)CCCC. The molecule has 2 aliphatic rings. The number of hydrogen-bond acceptors (Lipinski definition) is 7. The van der Waals surface area contributed by atoms with E-state index in [0.717, 1.165) is 111 Å². The van der Waals surface area contributed by atoms with E-state index >= 15 is 0 Å². The van der Waals surface area contributed by atoms with Crippen molar-refractivity contribution in [3.63, 3.8) is 0 Å². The molecule has 0 aromatic carbocycles. The fraction of sp³-hybridized carbons (Fsp3) is 0.463. The molecule has 10 nitrogen and oxygen atoms in total. The van der Waals surface area contributed by atoms with Gasteiger partial charge in [-0.25, -0.2) is 14.6 Å². The van der Waals surface area contributed by atoms with Gasteiger partial charge in [0.2, 0.25) is 0 Å². The summed E-state index contributed by atoms with van der Waals surface area (Å²) in [7, 11) is 6.16. The summed E-state index contributed by atoms with van der Waals surface area (Å²) in [5.41, 5.74) is 14.0. The van der Waals surface area contributed by atoms with Crippen LogP contribution in [0.3, 0.4) is 0 Å².